The zero-order chi connectivity index (χ0) is 13.8. The summed E-state index contributed by atoms with van der Waals surface area (Å²) in [6.45, 7) is 5.69. The molecule has 5 heteroatoms. The van der Waals surface area contributed by atoms with Gasteiger partial charge in [0, 0.05) is 11.4 Å². The van der Waals surface area contributed by atoms with E-state index in [0.29, 0.717) is 10.8 Å². The largest absolute Gasteiger partial charge is 0.241 e. The van der Waals surface area contributed by atoms with Gasteiger partial charge in [-0.3, -0.25) is 0 Å². The molecular formula is C13H20ClNO2S. The lowest BCUT2D eigenvalue weighted by atomic mass is 10.0. The van der Waals surface area contributed by atoms with Crippen molar-refractivity contribution in [3.8, 4) is 0 Å². The van der Waals surface area contributed by atoms with Gasteiger partial charge in [-0.05, 0) is 44.4 Å². The highest BCUT2D eigenvalue weighted by Crippen LogP contribution is 2.16. The van der Waals surface area contributed by atoms with E-state index in [1.807, 2.05) is 20.8 Å². The number of nitrogens with one attached hydrogen (secondary N) is 1. The van der Waals surface area contributed by atoms with Crippen molar-refractivity contribution in [1.82, 2.24) is 4.72 Å². The molecular weight excluding hydrogens is 270 g/mol. The van der Waals surface area contributed by atoms with Crippen molar-refractivity contribution in [3.63, 3.8) is 0 Å². The molecule has 0 saturated heterocycles. The molecule has 0 saturated carbocycles. The van der Waals surface area contributed by atoms with Gasteiger partial charge in [-0.1, -0.05) is 19.1 Å². The monoisotopic (exact) mass is 289 g/mol. The Hall–Kier alpha value is -0.580. The molecule has 0 fully saturated rings. The van der Waals surface area contributed by atoms with Crippen LogP contribution >= 0.6 is 11.6 Å². The minimum absolute atomic E-state index is 0.294. The minimum atomic E-state index is -3.44. The fraction of sp³-hybridized carbons (Fsp3) is 0.538. The second-order valence-corrected chi connectivity index (χ2v) is 6.99. The van der Waals surface area contributed by atoms with Crippen LogP contribution in [0, 0.1) is 0 Å². The lowest BCUT2D eigenvalue weighted by molar-refractivity contribution is 0.439. The van der Waals surface area contributed by atoms with E-state index in [1.54, 1.807) is 24.3 Å². The molecule has 1 aromatic carbocycles. The van der Waals surface area contributed by atoms with Gasteiger partial charge in [-0.15, -0.1) is 11.6 Å². The number of sulfonamides is 1. The molecule has 3 nitrogen and oxygen atoms in total. The van der Waals surface area contributed by atoms with E-state index in [0.717, 1.165) is 18.4 Å². The molecule has 0 aromatic heterocycles. The maximum Gasteiger partial charge on any atom is 0.241 e. The zero-order valence-electron chi connectivity index (χ0n) is 11.0. The third-order valence-electron chi connectivity index (χ3n) is 2.91. The van der Waals surface area contributed by atoms with E-state index in [9.17, 15) is 8.42 Å². The summed E-state index contributed by atoms with van der Waals surface area (Å²) in [4.78, 5) is 0.294. The van der Waals surface area contributed by atoms with Crippen LogP contribution in [-0.4, -0.2) is 19.8 Å². The van der Waals surface area contributed by atoms with Crippen molar-refractivity contribution >= 4 is 21.6 Å². The number of benzene rings is 1. The van der Waals surface area contributed by atoms with Crippen LogP contribution in [0.25, 0.3) is 0 Å². The molecule has 102 valence electrons. The minimum Gasteiger partial charge on any atom is -0.207 e. The highest BCUT2D eigenvalue weighted by Gasteiger charge is 2.24. The Morgan fingerprint density at radius 1 is 1.22 bits per heavy atom. The molecule has 0 aliphatic rings. The predicted molar refractivity (Wildman–Crippen MR) is 75.6 cm³/mol. The van der Waals surface area contributed by atoms with Gasteiger partial charge in [0.05, 0.1) is 4.90 Å². The first-order valence-electron chi connectivity index (χ1n) is 5.99. The molecule has 0 atom stereocenters. The summed E-state index contributed by atoms with van der Waals surface area (Å²) in [5.74, 6) is 0.535. The smallest absolute Gasteiger partial charge is 0.207 e. The first-order chi connectivity index (χ1) is 8.30. The molecule has 0 heterocycles. The number of halogens is 1. The SMILES string of the molecule is CCC(C)(C)NS(=O)(=O)c1ccc(CCCl)cc1. The fourth-order valence-corrected chi connectivity index (χ4v) is 3.14. The molecule has 1 rings (SSSR count). The van der Waals surface area contributed by atoms with Crippen LogP contribution in [-0.2, 0) is 16.4 Å². The van der Waals surface area contributed by atoms with Crippen molar-refractivity contribution in [2.45, 2.75) is 44.0 Å². The van der Waals surface area contributed by atoms with E-state index in [-0.39, 0.29) is 0 Å². The molecule has 0 radical (unpaired) electrons. The van der Waals surface area contributed by atoms with Crippen LogP contribution in [0.1, 0.15) is 32.8 Å². The first kappa shape index (κ1) is 15.5. The number of alkyl halides is 1. The highest BCUT2D eigenvalue weighted by molar-refractivity contribution is 7.89. The molecule has 18 heavy (non-hydrogen) atoms. The Morgan fingerprint density at radius 3 is 2.22 bits per heavy atom. The van der Waals surface area contributed by atoms with Gasteiger partial charge in [0.2, 0.25) is 10.0 Å². The van der Waals surface area contributed by atoms with Crippen LogP contribution in [0.2, 0.25) is 0 Å². The Balaban J connectivity index is 2.92. The number of hydrogen-bond acceptors (Lipinski definition) is 2. The second kappa shape index (κ2) is 6.04. The van der Waals surface area contributed by atoms with Crippen molar-refractivity contribution in [2.24, 2.45) is 0 Å². The lowest BCUT2D eigenvalue weighted by Gasteiger charge is -2.24. The normalized spacial score (nSPS) is 12.7. The Labute approximate surface area is 115 Å². The van der Waals surface area contributed by atoms with Crippen LogP contribution in [0.15, 0.2) is 29.2 Å². The van der Waals surface area contributed by atoms with E-state index in [2.05, 4.69) is 4.72 Å². The predicted octanol–water partition coefficient (Wildman–Crippen LogP) is 2.93. The quantitative estimate of drug-likeness (QED) is 0.819. The molecule has 0 spiro atoms. The van der Waals surface area contributed by atoms with Gasteiger partial charge in [0.25, 0.3) is 0 Å². The maximum absolute atomic E-state index is 12.1. The van der Waals surface area contributed by atoms with Gasteiger partial charge in [0.1, 0.15) is 0 Å². The van der Waals surface area contributed by atoms with Crippen LogP contribution in [0.3, 0.4) is 0 Å². The first-order valence-corrected chi connectivity index (χ1v) is 8.01. The summed E-state index contributed by atoms with van der Waals surface area (Å²) in [5.41, 5.74) is 0.604. The Bertz CT molecular complexity index is 480. The van der Waals surface area contributed by atoms with Crippen LogP contribution < -0.4 is 4.72 Å². The third kappa shape index (κ3) is 4.26. The lowest BCUT2D eigenvalue weighted by Crippen LogP contribution is -2.42. The van der Waals surface area contributed by atoms with Gasteiger partial charge in [0.15, 0.2) is 0 Å². The zero-order valence-corrected chi connectivity index (χ0v) is 12.6. The Morgan fingerprint density at radius 2 is 1.78 bits per heavy atom. The molecule has 0 unspecified atom stereocenters. The second-order valence-electron chi connectivity index (χ2n) is 4.93. The topological polar surface area (TPSA) is 46.2 Å². The Kier molecular flexibility index (Phi) is 5.20. The van der Waals surface area contributed by atoms with Gasteiger partial charge >= 0.3 is 0 Å². The summed E-state index contributed by atoms with van der Waals surface area (Å²) < 4.78 is 27.0. The molecule has 1 N–H and O–H groups in total. The van der Waals surface area contributed by atoms with Gasteiger partial charge in [-0.25, -0.2) is 13.1 Å². The average Bonchev–Trinajstić information content (AvgIpc) is 2.29. The van der Waals surface area contributed by atoms with E-state index < -0.39 is 15.6 Å². The van der Waals surface area contributed by atoms with E-state index in [4.69, 9.17) is 11.6 Å². The third-order valence-corrected chi connectivity index (χ3v) is 4.81. The molecule has 0 aliphatic heterocycles. The molecule has 0 amide bonds. The number of aryl methyl sites for hydroxylation is 1. The summed E-state index contributed by atoms with van der Waals surface area (Å²) in [6.07, 6.45) is 1.48. The molecule has 0 aliphatic carbocycles. The highest BCUT2D eigenvalue weighted by atomic mass is 35.5. The van der Waals surface area contributed by atoms with E-state index in [1.165, 1.54) is 0 Å². The summed E-state index contributed by atoms with van der Waals surface area (Å²) in [6, 6.07) is 6.84. The molecule has 0 bridgehead atoms. The van der Waals surface area contributed by atoms with Crippen molar-refractivity contribution < 1.29 is 8.42 Å². The summed E-state index contributed by atoms with van der Waals surface area (Å²) in [5, 5.41) is 0. The maximum atomic E-state index is 12.1. The van der Waals surface area contributed by atoms with Crippen molar-refractivity contribution in [2.75, 3.05) is 5.88 Å². The number of rotatable bonds is 6. The van der Waals surface area contributed by atoms with Crippen molar-refractivity contribution in [3.05, 3.63) is 29.8 Å². The van der Waals surface area contributed by atoms with Crippen LogP contribution in [0.4, 0.5) is 0 Å². The average molecular weight is 290 g/mol. The number of hydrogen-bond donors (Lipinski definition) is 1. The molecule has 1 aromatic rings. The van der Waals surface area contributed by atoms with Gasteiger partial charge < -0.3 is 0 Å². The van der Waals surface area contributed by atoms with Crippen LogP contribution in [0.5, 0.6) is 0 Å². The van der Waals surface area contributed by atoms with Gasteiger partial charge in [-0.2, -0.15) is 0 Å². The van der Waals surface area contributed by atoms with Crippen molar-refractivity contribution in [1.29, 1.82) is 0 Å². The fourth-order valence-electron chi connectivity index (χ4n) is 1.44. The summed E-state index contributed by atoms with van der Waals surface area (Å²) >= 11 is 5.64. The standard InChI is InChI=1S/C13H20ClNO2S/c1-4-13(2,3)15-18(16,17)12-7-5-11(6-8-12)9-10-14/h5-8,15H,4,9-10H2,1-3H3. The van der Waals surface area contributed by atoms with E-state index >= 15 is 0 Å². The summed E-state index contributed by atoms with van der Waals surface area (Å²) in [7, 11) is -3.44.